The van der Waals surface area contributed by atoms with E-state index >= 15 is 0 Å². The van der Waals surface area contributed by atoms with Crippen molar-refractivity contribution in [3.05, 3.63) is 0 Å². The zero-order chi connectivity index (χ0) is 8.36. The summed E-state index contributed by atoms with van der Waals surface area (Å²) in [4.78, 5) is 20.2. The maximum Gasteiger partial charge on any atom is 0.333 e. The maximum absolute atomic E-state index is 10.1. The van der Waals surface area contributed by atoms with Gasteiger partial charge in [0.2, 0.25) is 0 Å². The molecule has 0 saturated carbocycles. The molecule has 4 nitrogen and oxygen atoms in total. The van der Waals surface area contributed by atoms with Crippen LogP contribution in [0.5, 0.6) is 0 Å². The summed E-state index contributed by atoms with van der Waals surface area (Å²) in [5, 5.41) is 17.1. The van der Waals surface area contributed by atoms with Crippen LogP contribution in [0.3, 0.4) is 0 Å². The van der Waals surface area contributed by atoms with Crippen LogP contribution in [0.1, 0.15) is 13.8 Å². The Labute approximate surface area is 58.5 Å². The van der Waals surface area contributed by atoms with Crippen LogP contribution in [-0.2, 0) is 9.59 Å². The molecule has 0 aromatic rings. The lowest BCUT2D eigenvalue weighted by atomic mass is 9.89. The number of rotatable bonds is 3. The molecule has 2 N–H and O–H groups in total. The van der Waals surface area contributed by atoms with Crippen molar-refractivity contribution in [2.75, 3.05) is 0 Å². The Bertz CT molecular complexity index is 150. The Morgan fingerprint density at radius 2 is 2.00 bits per heavy atom. The van der Waals surface area contributed by atoms with Crippen molar-refractivity contribution in [1.29, 1.82) is 0 Å². The maximum atomic E-state index is 10.1. The number of hydrogen-bond acceptors (Lipinski definition) is 3. The third-order valence-corrected chi connectivity index (χ3v) is 1.24. The first-order valence-corrected chi connectivity index (χ1v) is 2.79. The highest BCUT2D eigenvalue weighted by molar-refractivity contribution is 5.78. The fourth-order valence-corrected chi connectivity index (χ4v) is 0.383. The normalized spacial score (nSPS) is 14.3. The number of aliphatic carboxylic acids is 1. The monoisotopic (exact) mass is 146 g/mol. The molecule has 0 saturated heterocycles. The fourth-order valence-electron chi connectivity index (χ4n) is 0.383. The number of aliphatic hydroxyl groups is 1. The van der Waals surface area contributed by atoms with Crippen LogP contribution in [0.4, 0.5) is 0 Å². The van der Waals surface area contributed by atoms with Gasteiger partial charge < -0.3 is 15.0 Å². The molecule has 0 aliphatic heterocycles. The van der Waals surface area contributed by atoms with Crippen molar-refractivity contribution in [2.24, 2.45) is 5.41 Å². The SMILES string of the molecule is CC(C)(C=O)[C@@H](O)C(=O)O. The lowest BCUT2D eigenvalue weighted by molar-refractivity contribution is -0.155. The molecule has 0 unspecified atom stereocenters. The molecule has 4 heteroatoms. The van der Waals surface area contributed by atoms with Crippen LogP contribution in [0.25, 0.3) is 0 Å². The van der Waals surface area contributed by atoms with Gasteiger partial charge in [-0.1, -0.05) is 13.8 Å². The van der Waals surface area contributed by atoms with E-state index in [-0.39, 0.29) is 0 Å². The lowest BCUT2D eigenvalue weighted by Gasteiger charge is -2.19. The second kappa shape index (κ2) is 2.79. The van der Waals surface area contributed by atoms with E-state index < -0.39 is 17.5 Å². The van der Waals surface area contributed by atoms with Crippen molar-refractivity contribution in [3.8, 4) is 0 Å². The molecule has 0 spiro atoms. The number of carboxylic acids is 1. The molecule has 58 valence electrons. The second-order valence-electron chi connectivity index (χ2n) is 2.68. The van der Waals surface area contributed by atoms with Gasteiger partial charge in [0.05, 0.1) is 5.41 Å². The number of carbonyl (C=O) groups excluding carboxylic acids is 1. The van der Waals surface area contributed by atoms with E-state index in [2.05, 4.69) is 0 Å². The highest BCUT2D eigenvalue weighted by Crippen LogP contribution is 2.16. The standard InChI is InChI=1S/C6H10O4/c1-6(2,3-7)4(8)5(9)10/h3-4,8H,1-2H3,(H,9,10)/t4-/m0/s1. The van der Waals surface area contributed by atoms with Crippen molar-refractivity contribution in [3.63, 3.8) is 0 Å². The molecule has 0 amide bonds. The Kier molecular flexibility index (Phi) is 2.54. The Hall–Kier alpha value is -0.900. The van der Waals surface area contributed by atoms with Crippen LogP contribution < -0.4 is 0 Å². The number of hydrogen-bond donors (Lipinski definition) is 2. The summed E-state index contributed by atoms with van der Waals surface area (Å²) in [5.41, 5.74) is -1.20. The minimum atomic E-state index is -1.62. The van der Waals surface area contributed by atoms with Gasteiger partial charge in [0.15, 0.2) is 6.10 Å². The lowest BCUT2D eigenvalue weighted by Crippen LogP contribution is -2.37. The van der Waals surface area contributed by atoms with Gasteiger partial charge >= 0.3 is 5.97 Å². The highest BCUT2D eigenvalue weighted by Gasteiger charge is 2.32. The molecule has 0 fully saturated rings. The van der Waals surface area contributed by atoms with E-state index in [0.29, 0.717) is 6.29 Å². The summed E-state index contributed by atoms with van der Waals surface area (Å²) >= 11 is 0. The van der Waals surface area contributed by atoms with Gasteiger partial charge in [-0.2, -0.15) is 0 Å². The van der Waals surface area contributed by atoms with E-state index in [1.807, 2.05) is 0 Å². The van der Waals surface area contributed by atoms with E-state index in [9.17, 15) is 9.59 Å². The fraction of sp³-hybridized carbons (Fsp3) is 0.667. The van der Waals surface area contributed by atoms with E-state index in [0.717, 1.165) is 0 Å². The van der Waals surface area contributed by atoms with E-state index in [4.69, 9.17) is 10.2 Å². The first-order valence-electron chi connectivity index (χ1n) is 2.79. The quantitative estimate of drug-likeness (QED) is 0.534. The Morgan fingerprint density at radius 3 is 2.10 bits per heavy atom. The predicted octanol–water partition coefficient (Wildman–Crippen LogP) is -0.343. The van der Waals surface area contributed by atoms with Gasteiger partial charge in [0.25, 0.3) is 0 Å². The summed E-state index contributed by atoms with van der Waals surface area (Å²) in [5.74, 6) is -1.38. The molecule has 0 radical (unpaired) electrons. The van der Waals surface area contributed by atoms with Crippen LogP contribution in [0, 0.1) is 5.41 Å². The predicted molar refractivity (Wildman–Crippen MR) is 33.5 cm³/mol. The minimum Gasteiger partial charge on any atom is -0.479 e. The molecule has 0 aliphatic rings. The third kappa shape index (κ3) is 1.80. The average Bonchev–Trinajstić information content (AvgIpc) is 1.86. The smallest absolute Gasteiger partial charge is 0.333 e. The molecular formula is C6H10O4. The topological polar surface area (TPSA) is 74.6 Å². The molecule has 1 atom stereocenters. The number of aldehydes is 1. The first-order chi connectivity index (χ1) is 4.41. The summed E-state index contributed by atoms with van der Waals surface area (Å²) in [6.45, 7) is 2.72. The largest absolute Gasteiger partial charge is 0.479 e. The highest BCUT2D eigenvalue weighted by atomic mass is 16.4. The van der Waals surface area contributed by atoms with E-state index in [1.165, 1.54) is 13.8 Å². The van der Waals surface area contributed by atoms with Gasteiger partial charge in [-0.15, -0.1) is 0 Å². The molecule has 10 heavy (non-hydrogen) atoms. The van der Waals surface area contributed by atoms with Crippen LogP contribution in [0.15, 0.2) is 0 Å². The van der Waals surface area contributed by atoms with Gasteiger partial charge in [-0.25, -0.2) is 4.79 Å². The van der Waals surface area contributed by atoms with Crippen LogP contribution >= 0.6 is 0 Å². The minimum absolute atomic E-state index is 0.422. The molecule has 0 bridgehead atoms. The van der Waals surface area contributed by atoms with Crippen molar-refractivity contribution >= 4 is 12.3 Å². The van der Waals surface area contributed by atoms with Crippen LogP contribution in [0.2, 0.25) is 0 Å². The third-order valence-electron chi connectivity index (χ3n) is 1.24. The van der Waals surface area contributed by atoms with Gasteiger partial charge in [0, 0.05) is 0 Å². The summed E-state index contributed by atoms with van der Waals surface area (Å²) in [7, 11) is 0. The molecule has 0 aromatic heterocycles. The zero-order valence-electron chi connectivity index (χ0n) is 5.87. The first kappa shape index (κ1) is 9.10. The van der Waals surface area contributed by atoms with Gasteiger partial charge in [-0.3, -0.25) is 0 Å². The molecule has 0 rings (SSSR count). The molecule has 0 aromatic carbocycles. The molecule has 0 aliphatic carbocycles. The second-order valence-corrected chi connectivity index (χ2v) is 2.68. The molecule has 0 heterocycles. The number of aliphatic hydroxyl groups excluding tert-OH is 1. The van der Waals surface area contributed by atoms with E-state index in [1.54, 1.807) is 0 Å². The average molecular weight is 146 g/mol. The molecular weight excluding hydrogens is 136 g/mol. The number of carboxylic acid groups (broad SMARTS) is 1. The van der Waals surface area contributed by atoms with Crippen LogP contribution in [-0.4, -0.2) is 28.6 Å². The summed E-state index contributed by atoms with van der Waals surface area (Å²) < 4.78 is 0. The number of carbonyl (C=O) groups is 2. The Morgan fingerprint density at radius 1 is 1.60 bits per heavy atom. The van der Waals surface area contributed by atoms with Crippen molar-refractivity contribution in [2.45, 2.75) is 20.0 Å². The van der Waals surface area contributed by atoms with Crippen molar-refractivity contribution in [1.82, 2.24) is 0 Å². The van der Waals surface area contributed by atoms with Crippen molar-refractivity contribution < 1.29 is 19.8 Å². The van der Waals surface area contributed by atoms with Gasteiger partial charge in [0.1, 0.15) is 6.29 Å². The summed E-state index contributed by atoms with van der Waals surface area (Å²) in [6, 6.07) is 0. The zero-order valence-corrected chi connectivity index (χ0v) is 5.87. The Balaban J connectivity index is 4.31. The summed E-state index contributed by atoms with van der Waals surface area (Å²) in [6.07, 6.45) is -1.20. The van der Waals surface area contributed by atoms with Gasteiger partial charge in [-0.05, 0) is 0 Å².